The van der Waals surface area contributed by atoms with Crippen molar-refractivity contribution >= 4 is 28.3 Å². The van der Waals surface area contributed by atoms with Gasteiger partial charge in [-0.05, 0) is 28.4 Å². The van der Waals surface area contributed by atoms with E-state index >= 15 is 0 Å². The zero-order valence-electron chi connectivity index (χ0n) is 7.26. The molecule has 0 spiro atoms. The Kier molecular flexibility index (Phi) is 5.53. The van der Waals surface area contributed by atoms with Gasteiger partial charge in [0.25, 0.3) is 0 Å². The van der Waals surface area contributed by atoms with Crippen molar-refractivity contribution in [1.29, 1.82) is 0 Å². The van der Waals surface area contributed by atoms with Crippen molar-refractivity contribution < 1.29 is 4.39 Å². The lowest BCUT2D eigenvalue weighted by Crippen LogP contribution is -2.10. The molecule has 2 N–H and O–H groups in total. The molecule has 0 unspecified atom stereocenters. The van der Waals surface area contributed by atoms with Crippen molar-refractivity contribution in [3.63, 3.8) is 0 Å². The van der Waals surface area contributed by atoms with Crippen LogP contribution in [0.5, 0.6) is 0 Å². The summed E-state index contributed by atoms with van der Waals surface area (Å²) >= 11 is 3.11. The van der Waals surface area contributed by atoms with E-state index in [4.69, 9.17) is 5.73 Å². The molecule has 4 heteroatoms. The summed E-state index contributed by atoms with van der Waals surface area (Å²) in [6.07, 6.45) is 0.743. The fraction of sp³-hybridized carbons (Fsp3) is 0.333. The molecule has 0 fully saturated rings. The second-order valence-electron chi connectivity index (χ2n) is 2.66. The van der Waals surface area contributed by atoms with Gasteiger partial charge in [0, 0.05) is 11.6 Å². The third-order valence-electron chi connectivity index (χ3n) is 1.82. The average Bonchev–Trinajstić information content (AvgIpc) is 2.08. The molecule has 0 aliphatic carbocycles. The van der Waals surface area contributed by atoms with E-state index in [-0.39, 0.29) is 24.3 Å². The highest BCUT2D eigenvalue weighted by Crippen LogP contribution is 2.23. The van der Waals surface area contributed by atoms with Gasteiger partial charge in [0.15, 0.2) is 0 Å². The highest BCUT2D eigenvalue weighted by Gasteiger charge is 2.10. The third-order valence-corrected chi connectivity index (χ3v) is 2.43. The minimum absolute atomic E-state index is 0. The van der Waals surface area contributed by atoms with E-state index in [0.29, 0.717) is 10.0 Å². The maximum Gasteiger partial charge on any atom is 0.142 e. The molecule has 1 atom stereocenters. The van der Waals surface area contributed by atoms with Crippen molar-refractivity contribution in [3.05, 3.63) is 34.1 Å². The van der Waals surface area contributed by atoms with Gasteiger partial charge in [-0.2, -0.15) is 0 Å². The van der Waals surface area contributed by atoms with Crippen LogP contribution in [0, 0.1) is 5.82 Å². The van der Waals surface area contributed by atoms with E-state index in [0.717, 1.165) is 6.42 Å². The summed E-state index contributed by atoms with van der Waals surface area (Å²) in [6.45, 7) is 1.94. The number of hydrogen-bond acceptors (Lipinski definition) is 1. The standard InChI is InChI=1S/C9H11BrFN.ClH/c1-2-8(12)6-4-3-5-7(10)9(6)11;/h3-5,8H,2,12H2,1H3;1H/t8-;/m1./s1. The summed E-state index contributed by atoms with van der Waals surface area (Å²) in [5, 5.41) is 0. The summed E-state index contributed by atoms with van der Waals surface area (Å²) in [5.41, 5.74) is 6.28. The Hall–Kier alpha value is -0.120. The number of rotatable bonds is 2. The van der Waals surface area contributed by atoms with Crippen molar-refractivity contribution in [2.45, 2.75) is 19.4 Å². The average molecular weight is 269 g/mol. The smallest absolute Gasteiger partial charge is 0.142 e. The molecule has 0 radical (unpaired) electrons. The maximum absolute atomic E-state index is 13.3. The number of hydrogen-bond donors (Lipinski definition) is 1. The molecule has 1 aromatic rings. The van der Waals surface area contributed by atoms with Crippen molar-refractivity contribution in [2.24, 2.45) is 5.73 Å². The first-order chi connectivity index (χ1) is 5.66. The second-order valence-corrected chi connectivity index (χ2v) is 3.51. The van der Waals surface area contributed by atoms with E-state index in [9.17, 15) is 4.39 Å². The van der Waals surface area contributed by atoms with Crippen LogP contribution >= 0.6 is 28.3 Å². The molecule has 0 bridgehead atoms. The number of nitrogens with two attached hydrogens (primary N) is 1. The van der Waals surface area contributed by atoms with Gasteiger partial charge >= 0.3 is 0 Å². The second kappa shape index (κ2) is 5.58. The summed E-state index contributed by atoms with van der Waals surface area (Å²) in [4.78, 5) is 0. The van der Waals surface area contributed by atoms with Crippen molar-refractivity contribution in [2.75, 3.05) is 0 Å². The minimum Gasteiger partial charge on any atom is -0.324 e. The summed E-state index contributed by atoms with van der Waals surface area (Å²) in [6, 6.07) is 4.97. The highest BCUT2D eigenvalue weighted by molar-refractivity contribution is 9.10. The fourth-order valence-electron chi connectivity index (χ4n) is 1.03. The Balaban J connectivity index is 0.00000144. The predicted octanol–water partition coefficient (Wildman–Crippen LogP) is 3.42. The SMILES string of the molecule is CC[C@@H](N)c1cccc(Br)c1F.Cl. The molecule has 0 saturated carbocycles. The molecule has 0 aromatic heterocycles. The van der Waals surface area contributed by atoms with Crippen LogP contribution in [0.1, 0.15) is 24.9 Å². The van der Waals surface area contributed by atoms with E-state index in [1.54, 1.807) is 18.2 Å². The molecule has 0 amide bonds. The molecule has 1 rings (SSSR count). The third kappa shape index (κ3) is 2.93. The predicted molar refractivity (Wildman–Crippen MR) is 58.6 cm³/mol. The first-order valence-electron chi connectivity index (χ1n) is 3.86. The van der Waals surface area contributed by atoms with Gasteiger partial charge in [-0.1, -0.05) is 19.1 Å². The molecular formula is C9H12BrClFN. The van der Waals surface area contributed by atoms with E-state index < -0.39 is 0 Å². The maximum atomic E-state index is 13.3. The van der Waals surface area contributed by atoms with Gasteiger partial charge in [-0.3, -0.25) is 0 Å². The zero-order valence-corrected chi connectivity index (χ0v) is 9.66. The van der Waals surface area contributed by atoms with E-state index in [1.165, 1.54) is 0 Å². The molecular weight excluding hydrogens is 256 g/mol. The molecule has 1 aromatic carbocycles. The van der Waals surface area contributed by atoms with Gasteiger partial charge in [0.05, 0.1) is 4.47 Å². The van der Waals surface area contributed by atoms with Crippen LogP contribution in [0.15, 0.2) is 22.7 Å². The summed E-state index contributed by atoms with van der Waals surface area (Å²) < 4.78 is 13.8. The van der Waals surface area contributed by atoms with Gasteiger partial charge in [0.1, 0.15) is 5.82 Å². The number of benzene rings is 1. The largest absolute Gasteiger partial charge is 0.324 e. The minimum atomic E-state index is -0.244. The van der Waals surface area contributed by atoms with Crippen LogP contribution in [0.25, 0.3) is 0 Å². The lowest BCUT2D eigenvalue weighted by molar-refractivity contribution is 0.570. The molecule has 74 valence electrons. The quantitative estimate of drug-likeness (QED) is 0.874. The molecule has 1 nitrogen and oxygen atoms in total. The van der Waals surface area contributed by atoms with Crippen molar-refractivity contribution in [3.8, 4) is 0 Å². The van der Waals surface area contributed by atoms with Crippen LogP contribution < -0.4 is 5.73 Å². The van der Waals surface area contributed by atoms with Crippen LogP contribution in [-0.4, -0.2) is 0 Å². The fourth-order valence-corrected chi connectivity index (χ4v) is 1.41. The van der Waals surface area contributed by atoms with Gasteiger partial charge in [0.2, 0.25) is 0 Å². The van der Waals surface area contributed by atoms with Crippen LogP contribution in [0.4, 0.5) is 4.39 Å². The Morgan fingerprint density at radius 2 is 2.15 bits per heavy atom. The topological polar surface area (TPSA) is 26.0 Å². The summed E-state index contributed by atoms with van der Waals surface area (Å²) in [7, 11) is 0. The van der Waals surface area contributed by atoms with E-state index in [1.807, 2.05) is 6.92 Å². The van der Waals surface area contributed by atoms with Crippen LogP contribution in [0.3, 0.4) is 0 Å². The van der Waals surface area contributed by atoms with Crippen LogP contribution in [-0.2, 0) is 0 Å². The monoisotopic (exact) mass is 267 g/mol. The molecule has 13 heavy (non-hydrogen) atoms. The van der Waals surface area contributed by atoms with E-state index in [2.05, 4.69) is 15.9 Å². The summed E-state index contributed by atoms with van der Waals surface area (Å²) in [5.74, 6) is -0.244. The Bertz CT molecular complexity index is 280. The van der Waals surface area contributed by atoms with Gasteiger partial charge < -0.3 is 5.73 Å². The lowest BCUT2D eigenvalue weighted by atomic mass is 10.1. The first-order valence-corrected chi connectivity index (χ1v) is 4.65. The van der Waals surface area contributed by atoms with Crippen molar-refractivity contribution in [1.82, 2.24) is 0 Å². The molecule has 0 saturated heterocycles. The number of halogens is 3. The highest BCUT2D eigenvalue weighted by atomic mass is 79.9. The molecule has 0 aliphatic heterocycles. The first kappa shape index (κ1) is 12.9. The molecule has 0 heterocycles. The Labute approximate surface area is 92.1 Å². The van der Waals surface area contributed by atoms with Gasteiger partial charge in [-0.15, -0.1) is 12.4 Å². The lowest BCUT2D eigenvalue weighted by Gasteiger charge is -2.10. The Morgan fingerprint density at radius 1 is 1.54 bits per heavy atom. The normalized spacial score (nSPS) is 12.0. The molecule has 0 aliphatic rings. The Morgan fingerprint density at radius 3 is 2.69 bits per heavy atom. The van der Waals surface area contributed by atoms with Crippen LogP contribution in [0.2, 0.25) is 0 Å². The van der Waals surface area contributed by atoms with Gasteiger partial charge in [-0.25, -0.2) is 4.39 Å². The zero-order chi connectivity index (χ0) is 9.14.